The molecule has 0 aliphatic rings. The summed E-state index contributed by atoms with van der Waals surface area (Å²) in [7, 11) is 0. The largest absolute Gasteiger partial charge is 0.477 e. The molecule has 16 heavy (non-hydrogen) atoms. The lowest BCUT2D eigenvalue weighted by atomic mass is 10.2. The highest BCUT2D eigenvalue weighted by molar-refractivity contribution is 5.84. The summed E-state index contributed by atoms with van der Waals surface area (Å²) >= 11 is 0. The van der Waals surface area contributed by atoms with Gasteiger partial charge in [0.1, 0.15) is 5.70 Å². The third kappa shape index (κ3) is 4.43. The maximum atomic E-state index is 10.3. The second-order valence-corrected chi connectivity index (χ2v) is 3.01. The molecule has 0 saturated heterocycles. The van der Waals surface area contributed by atoms with Crippen LogP contribution in [0.5, 0.6) is 0 Å². The van der Waals surface area contributed by atoms with Gasteiger partial charge in [0.15, 0.2) is 0 Å². The molecule has 0 spiro atoms. The summed E-state index contributed by atoms with van der Waals surface area (Å²) in [5.41, 5.74) is 3.09. The molecular weight excluding hydrogens is 206 g/mol. The van der Waals surface area contributed by atoms with Crippen LogP contribution in [-0.4, -0.2) is 17.7 Å². The van der Waals surface area contributed by atoms with Crippen LogP contribution in [0.3, 0.4) is 0 Å². The summed E-state index contributed by atoms with van der Waals surface area (Å²) in [5.74, 6) is -1.13. The van der Waals surface area contributed by atoms with E-state index in [0.29, 0.717) is 0 Å². The van der Waals surface area contributed by atoms with Crippen molar-refractivity contribution in [2.75, 3.05) is 6.61 Å². The van der Waals surface area contributed by atoms with E-state index >= 15 is 0 Å². The Bertz CT molecular complexity index is 385. The van der Waals surface area contributed by atoms with Gasteiger partial charge < -0.3 is 5.11 Å². The molecule has 4 nitrogen and oxygen atoms in total. The highest BCUT2D eigenvalue weighted by Crippen LogP contribution is 2.00. The van der Waals surface area contributed by atoms with E-state index in [1.807, 2.05) is 36.4 Å². The van der Waals surface area contributed by atoms with Gasteiger partial charge in [0.05, 0.1) is 6.61 Å². The van der Waals surface area contributed by atoms with Crippen LogP contribution >= 0.6 is 0 Å². The standard InChI is InChI=1S/C12H13NO3/c1-10(12(14)15)13-16-9-5-8-11-6-3-2-4-7-11/h2-8,13H,1,9H2,(H,14,15). The van der Waals surface area contributed by atoms with E-state index < -0.39 is 5.97 Å². The average molecular weight is 219 g/mol. The molecule has 4 heteroatoms. The minimum absolute atomic E-state index is 0.187. The predicted octanol–water partition coefficient (Wildman–Crippen LogP) is 1.82. The van der Waals surface area contributed by atoms with Crippen LogP contribution in [0.1, 0.15) is 5.56 Å². The monoisotopic (exact) mass is 219 g/mol. The molecule has 0 saturated carbocycles. The summed E-state index contributed by atoms with van der Waals surface area (Å²) < 4.78 is 0. The molecule has 0 heterocycles. The molecule has 1 rings (SSSR count). The fraction of sp³-hybridized carbons (Fsp3) is 0.0833. The van der Waals surface area contributed by atoms with Gasteiger partial charge in [-0.2, -0.15) is 0 Å². The molecular formula is C12H13NO3. The fourth-order valence-electron chi connectivity index (χ4n) is 0.969. The maximum Gasteiger partial charge on any atom is 0.353 e. The van der Waals surface area contributed by atoms with Crippen LogP contribution in [0, 0.1) is 0 Å². The van der Waals surface area contributed by atoms with E-state index in [4.69, 9.17) is 9.94 Å². The van der Waals surface area contributed by atoms with E-state index in [9.17, 15) is 4.79 Å². The highest BCUT2D eigenvalue weighted by Gasteiger charge is 2.00. The first-order valence-electron chi connectivity index (χ1n) is 4.72. The molecule has 2 N–H and O–H groups in total. The van der Waals surface area contributed by atoms with Crippen LogP contribution in [0.4, 0.5) is 0 Å². The number of rotatable bonds is 6. The van der Waals surface area contributed by atoms with E-state index in [0.717, 1.165) is 5.56 Å². The first-order chi connectivity index (χ1) is 7.70. The van der Waals surface area contributed by atoms with E-state index in [1.54, 1.807) is 6.08 Å². The molecule has 0 aliphatic heterocycles. The maximum absolute atomic E-state index is 10.3. The number of carbonyl (C=O) groups is 1. The molecule has 84 valence electrons. The smallest absolute Gasteiger partial charge is 0.353 e. The summed E-state index contributed by atoms with van der Waals surface area (Å²) in [6, 6.07) is 9.72. The molecule has 0 unspecified atom stereocenters. The minimum atomic E-state index is -1.13. The summed E-state index contributed by atoms with van der Waals surface area (Å²) in [4.78, 5) is 15.2. The average Bonchev–Trinajstić information content (AvgIpc) is 2.29. The number of carboxylic acid groups (broad SMARTS) is 1. The Labute approximate surface area is 93.8 Å². The third-order valence-corrected chi connectivity index (χ3v) is 1.74. The SMILES string of the molecule is C=C(NOCC=Cc1ccccc1)C(=O)O. The van der Waals surface area contributed by atoms with Gasteiger partial charge in [0.25, 0.3) is 0 Å². The number of benzene rings is 1. The van der Waals surface area contributed by atoms with Gasteiger partial charge >= 0.3 is 5.97 Å². The molecule has 0 fully saturated rings. The van der Waals surface area contributed by atoms with Crippen molar-refractivity contribution in [3.63, 3.8) is 0 Å². The van der Waals surface area contributed by atoms with Crippen LogP contribution in [0.15, 0.2) is 48.7 Å². The van der Waals surface area contributed by atoms with Crippen molar-refractivity contribution < 1.29 is 14.7 Å². The van der Waals surface area contributed by atoms with Crippen LogP contribution in [0.25, 0.3) is 6.08 Å². The Kier molecular flexibility index (Phi) is 4.82. The normalized spacial score (nSPS) is 10.2. The number of hydrogen-bond acceptors (Lipinski definition) is 3. The summed E-state index contributed by atoms with van der Waals surface area (Å²) in [6.07, 6.45) is 3.66. The molecule has 0 aliphatic carbocycles. The van der Waals surface area contributed by atoms with Crippen LogP contribution in [0.2, 0.25) is 0 Å². The summed E-state index contributed by atoms with van der Waals surface area (Å²) in [6.45, 7) is 3.52. The number of carboxylic acids is 1. The van der Waals surface area contributed by atoms with Gasteiger partial charge in [-0.3, -0.25) is 10.3 Å². The second-order valence-electron chi connectivity index (χ2n) is 3.01. The zero-order chi connectivity index (χ0) is 11.8. The lowest BCUT2D eigenvalue weighted by Gasteiger charge is -2.02. The fourth-order valence-corrected chi connectivity index (χ4v) is 0.969. The Balaban J connectivity index is 2.24. The minimum Gasteiger partial charge on any atom is -0.477 e. The molecule has 0 bridgehead atoms. The van der Waals surface area contributed by atoms with E-state index in [1.165, 1.54) is 0 Å². The zero-order valence-electron chi connectivity index (χ0n) is 8.72. The quantitative estimate of drug-likeness (QED) is 0.435. The highest BCUT2D eigenvalue weighted by atomic mass is 16.6. The Morgan fingerprint density at radius 3 is 2.75 bits per heavy atom. The first-order valence-corrected chi connectivity index (χ1v) is 4.72. The van der Waals surface area contributed by atoms with E-state index in [-0.39, 0.29) is 12.3 Å². The molecule has 0 atom stereocenters. The molecule has 1 aromatic carbocycles. The molecule has 0 amide bonds. The Hall–Kier alpha value is -2.07. The van der Waals surface area contributed by atoms with Gasteiger partial charge in [0.2, 0.25) is 0 Å². The van der Waals surface area contributed by atoms with Crippen molar-refractivity contribution in [3.8, 4) is 0 Å². The van der Waals surface area contributed by atoms with Crippen molar-refractivity contribution in [3.05, 3.63) is 54.2 Å². The van der Waals surface area contributed by atoms with Gasteiger partial charge in [0, 0.05) is 0 Å². The Morgan fingerprint density at radius 2 is 2.12 bits per heavy atom. The lowest BCUT2D eigenvalue weighted by molar-refractivity contribution is -0.134. The lowest BCUT2D eigenvalue weighted by Crippen LogP contribution is -2.19. The van der Waals surface area contributed by atoms with Gasteiger partial charge in [-0.1, -0.05) is 49.1 Å². The number of aliphatic carboxylic acids is 1. The van der Waals surface area contributed by atoms with Gasteiger partial charge in [-0.15, -0.1) is 0 Å². The Morgan fingerprint density at radius 1 is 1.44 bits per heavy atom. The van der Waals surface area contributed by atoms with Gasteiger partial charge in [-0.25, -0.2) is 4.79 Å². The topological polar surface area (TPSA) is 58.6 Å². The molecule has 0 radical (unpaired) electrons. The number of hydrogen-bond donors (Lipinski definition) is 2. The van der Waals surface area contributed by atoms with Crippen molar-refractivity contribution in [1.29, 1.82) is 0 Å². The van der Waals surface area contributed by atoms with Crippen molar-refractivity contribution in [1.82, 2.24) is 5.48 Å². The molecule has 0 aromatic heterocycles. The number of nitrogens with one attached hydrogen (secondary N) is 1. The zero-order valence-corrected chi connectivity index (χ0v) is 8.72. The number of hydroxylamine groups is 1. The van der Waals surface area contributed by atoms with Crippen LogP contribution < -0.4 is 5.48 Å². The van der Waals surface area contributed by atoms with Crippen molar-refractivity contribution in [2.24, 2.45) is 0 Å². The second kappa shape index (κ2) is 6.42. The van der Waals surface area contributed by atoms with Crippen molar-refractivity contribution in [2.45, 2.75) is 0 Å². The summed E-state index contributed by atoms with van der Waals surface area (Å²) in [5, 5.41) is 8.46. The first kappa shape index (κ1) is 12.0. The molecule has 1 aromatic rings. The third-order valence-electron chi connectivity index (χ3n) is 1.74. The predicted molar refractivity (Wildman–Crippen MR) is 61.3 cm³/mol. The van der Waals surface area contributed by atoms with Crippen LogP contribution in [-0.2, 0) is 9.63 Å². The van der Waals surface area contributed by atoms with Crippen molar-refractivity contribution >= 4 is 12.0 Å². The van der Waals surface area contributed by atoms with E-state index in [2.05, 4.69) is 12.1 Å². The van der Waals surface area contributed by atoms with Gasteiger partial charge in [-0.05, 0) is 5.56 Å².